The Labute approximate surface area is 120 Å². The molecule has 0 aliphatic rings. The molecular formula is C14H16F3N3O. The lowest BCUT2D eigenvalue weighted by Gasteiger charge is -2.19. The van der Waals surface area contributed by atoms with E-state index < -0.39 is 29.4 Å². The molecule has 7 heteroatoms. The fourth-order valence-electron chi connectivity index (χ4n) is 1.69. The monoisotopic (exact) mass is 299 g/mol. The van der Waals surface area contributed by atoms with Gasteiger partial charge in [0.15, 0.2) is 0 Å². The van der Waals surface area contributed by atoms with Crippen LogP contribution in [0.5, 0.6) is 0 Å². The molecule has 1 aromatic carbocycles. The second-order valence-corrected chi connectivity index (χ2v) is 4.77. The van der Waals surface area contributed by atoms with Gasteiger partial charge in [0.05, 0.1) is 28.9 Å². The van der Waals surface area contributed by atoms with Crippen LogP contribution in [0.25, 0.3) is 0 Å². The van der Waals surface area contributed by atoms with E-state index in [9.17, 15) is 18.0 Å². The zero-order chi connectivity index (χ0) is 16.2. The molecule has 4 nitrogen and oxygen atoms in total. The van der Waals surface area contributed by atoms with E-state index in [1.807, 2.05) is 6.92 Å². The smallest absolute Gasteiger partial charge is 0.324 e. The van der Waals surface area contributed by atoms with Gasteiger partial charge in [0.25, 0.3) is 0 Å². The molecular weight excluding hydrogens is 283 g/mol. The molecule has 1 unspecified atom stereocenters. The first-order valence-corrected chi connectivity index (χ1v) is 6.38. The summed E-state index contributed by atoms with van der Waals surface area (Å²) in [6, 6.07) is 3.70. The average Bonchev–Trinajstić information content (AvgIpc) is 2.44. The predicted molar refractivity (Wildman–Crippen MR) is 72.2 cm³/mol. The van der Waals surface area contributed by atoms with Gasteiger partial charge in [-0.1, -0.05) is 20.3 Å². The number of nitrogens with two attached hydrogens (primary N) is 1. The lowest BCUT2D eigenvalue weighted by atomic mass is 9.99. The Hall–Kier alpha value is -2.07. The molecule has 0 spiro atoms. The number of carbonyl (C=O) groups excluding carboxylic acids is 1. The molecule has 3 N–H and O–H groups in total. The number of hydrogen-bond acceptors (Lipinski definition) is 3. The van der Waals surface area contributed by atoms with Crippen molar-refractivity contribution in [2.24, 2.45) is 11.7 Å². The molecule has 0 saturated carbocycles. The van der Waals surface area contributed by atoms with Crippen molar-refractivity contribution in [3.05, 3.63) is 29.3 Å². The van der Waals surface area contributed by atoms with Crippen LogP contribution >= 0.6 is 0 Å². The third-order valence-corrected chi connectivity index (χ3v) is 3.27. The van der Waals surface area contributed by atoms with Gasteiger partial charge in [-0.3, -0.25) is 4.79 Å². The number of hydrogen-bond donors (Lipinski definition) is 2. The van der Waals surface area contributed by atoms with Crippen LogP contribution in [0.4, 0.5) is 18.9 Å². The Balaban J connectivity index is 3.09. The molecule has 2 atom stereocenters. The number of rotatable bonds is 4. The molecule has 0 fully saturated rings. The van der Waals surface area contributed by atoms with Crippen molar-refractivity contribution in [3.63, 3.8) is 0 Å². The first kappa shape index (κ1) is 17.0. The highest BCUT2D eigenvalue weighted by molar-refractivity contribution is 5.95. The van der Waals surface area contributed by atoms with Gasteiger partial charge < -0.3 is 11.1 Å². The lowest BCUT2D eigenvalue weighted by Crippen LogP contribution is -2.41. The molecule has 0 heterocycles. The molecule has 0 aliphatic heterocycles. The fourth-order valence-corrected chi connectivity index (χ4v) is 1.69. The quantitative estimate of drug-likeness (QED) is 0.897. The highest BCUT2D eigenvalue weighted by atomic mass is 19.4. The number of nitriles is 1. The van der Waals surface area contributed by atoms with Crippen LogP contribution in [-0.4, -0.2) is 11.9 Å². The van der Waals surface area contributed by atoms with E-state index in [1.165, 1.54) is 6.07 Å². The van der Waals surface area contributed by atoms with Crippen molar-refractivity contribution < 1.29 is 18.0 Å². The summed E-state index contributed by atoms with van der Waals surface area (Å²) in [7, 11) is 0. The lowest BCUT2D eigenvalue weighted by molar-refractivity contribution is -0.137. The number of nitrogens with one attached hydrogen (secondary N) is 1. The molecule has 0 bridgehead atoms. The highest BCUT2D eigenvalue weighted by Crippen LogP contribution is 2.35. The minimum absolute atomic E-state index is 0.133. The summed E-state index contributed by atoms with van der Waals surface area (Å²) in [6.07, 6.45) is -4.04. The number of halogens is 3. The van der Waals surface area contributed by atoms with Gasteiger partial charge >= 0.3 is 6.18 Å². The minimum atomic E-state index is -4.67. The molecule has 1 rings (SSSR count). The Kier molecular flexibility index (Phi) is 5.33. The summed E-state index contributed by atoms with van der Waals surface area (Å²) in [6.45, 7) is 3.58. The third kappa shape index (κ3) is 4.20. The van der Waals surface area contributed by atoms with Crippen LogP contribution in [0.15, 0.2) is 18.2 Å². The summed E-state index contributed by atoms with van der Waals surface area (Å²) in [5, 5.41) is 10.9. The molecule has 1 amide bonds. The van der Waals surface area contributed by atoms with Crippen LogP contribution < -0.4 is 11.1 Å². The van der Waals surface area contributed by atoms with Crippen molar-refractivity contribution in [1.29, 1.82) is 5.26 Å². The topological polar surface area (TPSA) is 78.9 Å². The summed E-state index contributed by atoms with van der Waals surface area (Å²) in [5.41, 5.74) is 4.09. The summed E-state index contributed by atoms with van der Waals surface area (Å²) in [4.78, 5) is 11.9. The highest BCUT2D eigenvalue weighted by Gasteiger charge is 2.34. The molecule has 1 aromatic rings. The number of carbonyl (C=O) groups is 1. The van der Waals surface area contributed by atoms with Crippen LogP contribution in [0.2, 0.25) is 0 Å². The Morgan fingerprint density at radius 3 is 2.57 bits per heavy atom. The molecule has 0 aromatic heterocycles. The number of alkyl halides is 3. The summed E-state index contributed by atoms with van der Waals surface area (Å²) in [5.74, 6) is -0.836. The number of anilines is 1. The third-order valence-electron chi connectivity index (χ3n) is 3.27. The standard InChI is InChI=1S/C14H16F3N3O/c1-3-8(2)12(19)13(21)20-11-5-4-9(7-18)6-10(11)14(15,16)17/h4-6,8,12H,3,19H2,1-2H3,(H,20,21)/t8?,12-/m0/s1. The first-order valence-electron chi connectivity index (χ1n) is 6.38. The van der Waals surface area contributed by atoms with Crippen LogP contribution in [0.3, 0.4) is 0 Å². The molecule has 0 radical (unpaired) electrons. The molecule has 0 aliphatic carbocycles. The van der Waals surface area contributed by atoms with Crippen LogP contribution in [0.1, 0.15) is 31.4 Å². The SMILES string of the molecule is CCC(C)[C@H](N)C(=O)Nc1ccc(C#N)cc1C(F)(F)F. The van der Waals surface area contributed by atoms with Crippen LogP contribution in [0, 0.1) is 17.2 Å². The predicted octanol–water partition coefficient (Wildman–Crippen LogP) is 2.89. The van der Waals surface area contributed by atoms with Gasteiger partial charge in [-0.05, 0) is 24.1 Å². The van der Waals surface area contributed by atoms with E-state index in [0.717, 1.165) is 6.07 Å². The molecule has 21 heavy (non-hydrogen) atoms. The van der Waals surface area contributed by atoms with Crippen molar-refractivity contribution in [2.45, 2.75) is 32.5 Å². The van der Waals surface area contributed by atoms with E-state index in [1.54, 1.807) is 13.0 Å². The maximum Gasteiger partial charge on any atom is 0.418 e. The number of benzene rings is 1. The van der Waals surface area contributed by atoms with Gasteiger partial charge in [-0.2, -0.15) is 18.4 Å². The van der Waals surface area contributed by atoms with Gasteiger partial charge in [0.2, 0.25) is 5.91 Å². The maximum absolute atomic E-state index is 12.9. The second-order valence-electron chi connectivity index (χ2n) is 4.77. The molecule has 114 valence electrons. The summed E-state index contributed by atoms with van der Waals surface area (Å²) < 4.78 is 38.8. The molecule has 0 saturated heterocycles. The van der Waals surface area contributed by atoms with Crippen molar-refractivity contribution >= 4 is 11.6 Å². The van der Waals surface area contributed by atoms with Gasteiger partial charge in [0, 0.05) is 0 Å². The van der Waals surface area contributed by atoms with Gasteiger partial charge in [-0.25, -0.2) is 0 Å². The summed E-state index contributed by atoms with van der Waals surface area (Å²) >= 11 is 0. The van der Waals surface area contributed by atoms with E-state index in [2.05, 4.69) is 5.32 Å². The van der Waals surface area contributed by atoms with E-state index in [4.69, 9.17) is 11.0 Å². The Bertz CT molecular complexity index is 564. The van der Waals surface area contributed by atoms with E-state index >= 15 is 0 Å². The zero-order valence-corrected chi connectivity index (χ0v) is 11.7. The van der Waals surface area contributed by atoms with Gasteiger partial charge in [-0.15, -0.1) is 0 Å². The number of amides is 1. The normalized spacial score (nSPS) is 14.1. The van der Waals surface area contributed by atoms with E-state index in [-0.39, 0.29) is 11.5 Å². The van der Waals surface area contributed by atoms with Crippen molar-refractivity contribution in [3.8, 4) is 6.07 Å². The van der Waals surface area contributed by atoms with Crippen LogP contribution in [-0.2, 0) is 11.0 Å². The Morgan fingerprint density at radius 2 is 2.10 bits per heavy atom. The maximum atomic E-state index is 12.9. The van der Waals surface area contributed by atoms with Crippen molar-refractivity contribution in [2.75, 3.05) is 5.32 Å². The van der Waals surface area contributed by atoms with E-state index in [0.29, 0.717) is 12.5 Å². The van der Waals surface area contributed by atoms with Crippen molar-refractivity contribution in [1.82, 2.24) is 0 Å². The first-order chi connectivity index (χ1) is 9.70. The fraction of sp³-hybridized carbons (Fsp3) is 0.429. The number of nitrogens with zero attached hydrogens (tertiary/aromatic N) is 1. The average molecular weight is 299 g/mol. The second kappa shape index (κ2) is 6.59. The largest absolute Gasteiger partial charge is 0.418 e. The zero-order valence-electron chi connectivity index (χ0n) is 11.7. The van der Waals surface area contributed by atoms with Gasteiger partial charge in [0.1, 0.15) is 0 Å². The Morgan fingerprint density at radius 1 is 1.48 bits per heavy atom. The minimum Gasteiger partial charge on any atom is -0.324 e.